The minimum absolute atomic E-state index is 0.0292. The number of benzene rings is 1. The van der Waals surface area contributed by atoms with E-state index in [1.54, 1.807) is 41.6 Å². The second kappa shape index (κ2) is 9.14. The number of halogens is 3. The highest BCUT2D eigenvalue weighted by Gasteiger charge is 2.41. The standard InChI is InChI=1S/C25H31F3N6O/c1-23(2)12-18(13-24(3,4)33-23)34(10-9-25(26,27)28)22-8-7-20(31-32-22)19-6-5-16(11-21(19)35)17-14-29-30-15-17/h5-8,11,14-15,18,33,35H,9-10,12-13H2,1-4H3,(H,29,30). The molecule has 0 bridgehead atoms. The molecule has 0 unspecified atom stereocenters. The molecule has 1 fully saturated rings. The minimum atomic E-state index is -4.27. The van der Waals surface area contributed by atoms with Gasteiger partial charge < -0.3 is 15.3 Å². The van der Waals surface area contributed by atoms with Crippen LogP contribution in [0.5, 0.6) is 5.75 Å². The van der Waals surface area contributed by atoms with E-state index < -0.39 is 12.6 Å². The molecule has 3 aromatic rings. The summed E-state index contributed by atoms with van der Waals surface area (Å²) in [6, 6.07) is 8.43. The van der Waals surface area contributed by atoms with Gasteiger partial charge in [0.1, 0.15) is 5.75 Å². The van der Waals surface area contributed by atoms with Gasteiger partial charge in [0.05, 0.1) is 18.3 Å². The van der Waals surface area contributed by atoms with Crippen LogP contribution in [-0.2, 0) is 0 Å². The molecule has 0 aliphatic carbocycles. The molecule has 1 saturated heterocycles. The first-order valence-corrected chi connectivity index (χ1v) is 11.6. The van der Waals surface area contributed by atoms with E-state index in [2.05, 4.69) is 53.4 Å². The number of rotatable bonds is 6. The van der Waals surface area contributed by atoms with Crippen LogP contribution in [0.1, 0.15) is 47.0 Å². The van der Waals surface area contributed by atoms with Crippen molar-refractivity contribution in [1.29, 1.82) is 0 Å². The van der Waals surface area contributed by atoms with Crippen molar-refractivity contribution in [3.63, 3.8) is 0 Å². The lowest BCUT2D eigenvalue weighted by atomic mass is 9.79. The van der Waals surface area contributed by atoms with Crippen LogP contribution < -0.4 is 10.2 Å². The Labute approximate surface area is 202 Å². The summed E-state index contributed by atoms with van der Waals surface area (Å²) in [6.07, 6.45) is -0.477. The number of hydrogen-bond donors (Lipinski definition) is 3. The number of alkyl halides is 3. The van der Waals surface area contributed by atoms with E-state index in [0.29, 0.717) is 29.9 Å². The molecule has 2 aromatic heterocycles. The van der Waals surface area contributed by atoms with Crippen molar-refractivity contribution < 1.29 is 18.3 Å². The van der Waals surface area contributed by atoms with Crippen LogP contribution in [-0.4, -0.2) is 55.3 Å². The molecule has 10 heteroatoms. The van der Waals surface area contributed by atoms with Gasteiger partial charge in [-0.15, -0.1) is 10.2 Å². The minimum Gasteiger partial charge on any atom is -0.507 e. The molecule has 0 atom stereocenters. The first kappa shape index (κ1) is 25.0. The van der Waals surface area contributed by atoms with Gasteiger partial charge >= 0.3 is 6.18 Å². The maximum absolute atomic E-state index is 13.2. The van der Waals surface area contributed by atoms with Crippen LogP contribution in [0, 0.1) is 0 Å². The topological polar surface area (TPSA) is 90.0 Å². The molecule has 1 aromatic carbocycles. The Morgan fingerprint density at radius 2 is 1.74 bits per heavy atom. The maximum Gasteiger partial charge on any atom is 0.390 e. The van der Waals surface area contributed by atoms with Gasteiger partial charge in [-0.25, -0.2) is 0 Å². The van der Waals surface area contributed by atoms with Crippen molar-refractivity contribution in [2.45, 2.75) is 70.3 Å². The van der Waals surface area contributed by atoms with Gasteiger partial charge in [-0.3, -0.25) is 5.10 Å². The summed E-state index contributed by atoms with van der Waals surface area (Å²) in [5.41, 5.74) is 2.08. The first-order chi connectivity index (χ1) is 16.3. The third-order valence-corrected chi connectivity index (χ3v) is 6.30. The van der Waals surface area contributed by atoms with E-state index in [0.717, 1.165) is 11.1 Å². The number of nitrogens with one attached hydrogen (secondary N) is 2. The van der Waals surface area contributed by atoms with E-state index in [4.69, 9.17) is 0 Å². The van der Waals surface area contributed by atoms with Crippen LogP contribution in [0.3, 0.4) is 0 Å². The van der Waals surface area contributed by atoms with E-state index >= 15 is 0 Å². The molecule has 0 amide bonds. The molecule has 0 saturated carbocycles. The van der Waals surface area contributed by atoms with Crippen molar-refractivity contribution >= 4 is 5.82 Å². The summed E-state index contributed by atoms with van der Waals surface area (Å²) in [5.74, 6) is 0.424. The van der Waals surface area contributed by atoms with Crippen molar-refractivity contribution in [2.24, 2.45) is 0 Å². The zero-order valence-corrected chi connectivity index (χ0v) is 20.3. The summed E-state index contributed by atoms with van der Waals surface area (Å²) in [7, 11) is 0. The van der Waals surface area contributed by atoms with Crippen molar-refractivity contribution in [3.05, 3.63) is 42.7 Å². The molecule has 1 aliphatic heterocycles. The summed E-state index contributed by atoms with van der Waals surface area (Å²) >= 11 is 0. The third kappa shape index (κ3) is 6.11. The number of piperidine rings is 1. The monoisotopic (exact) mass is 488 g/mol. The molecule has 3 heterocycles. The molecule has 0 radical (unpaired) electrons. The Morgan fingerprint density at radius 1 is 1.03 bits per heavy atom. The summed E-state index contributed by atoms with van der Waals surface area (Å²) in [5, 5.41) is 29.4. The molecule has 3 N–H and O–H groups in total. The fraction of sp³-hybridized carbons (Fsp3) is 0.480. The summed E-state index contributed by atoms with van der Waals surface area (Å²) in [6.45, 7) is 8.06. The van der Waals surface area contributed by atoms with Crippen LogP contribution in [0.4, 0.5) is 19.0 Å². The molecule has 188 valence electrons. The fourth-order valence-corrected chi connectivity index (χ4v) is 5.18. The van der Waals surface area contributed by atoms with Crippen molar-refractivity contribution in [2.75, 3.05) is 11.4 Å². The van der Waals surface area contributed by atoms with Crippen LogP contribution >= 0.6 is 0 Å². The van der Waals surface area contributed by atoms with E-state index in [1.807, 2.05) is 6.07 Å². The number of aromatic hydroxyl groups is 1. The Hall–Kier alpha value is -3.14. The highest BCUT2D eigenvalue weighted by molar-refractivity contribution is 5.73. The van der Waals surface area contributed by atoms with Gasteiger partial charge in [-0.1, -0.05) is 6.07 Å². The summed E-state index contributed by atoms with van der Waals surface area (Å²) < 4.78 is 39.5. The predicted octanol–water partition coefficient (Wildman–Crippen LogP) is 5.31. The zero-order valence-electron chi connectivity index (χ0n) is 20.3. The fourth-order valence-electron chi connectivity index (χ4n) is 5.18. The second-order valence-electron chi connectivity index (χ2n) is 10.5. The van der Waals surface area contributed by atoms with Crippen LogP contribution in [0.15, 0.2) is 42.7 Å². The van der Waals surface area contributed by atoms with Gasteiger partial charge in [-0.2, -0.15) is 18.3 Å². The van der Waals surface area contributed by atoms with E-state index in [-0.39, 0.29) is 29.4 Å². The average Bonchev–Trinajstić information content (AvgIpc) is 3.26. The van der Waals surface area contributed by atoms with Crippen molar-refractivity contribution in [3.8, 4) is 28.1 Å². The number of phenolic OH excluding ortho intramolecular Hbond substituents is 1. The molecule has 0 spiro atoms. The number of aromatic nitrogens is 4. The lowest BCUT2D eigenvalue weighted by Crippen LogP contribution is -2.62. The highest BCUT2D eigenvalue weighted by atomic mass is 19.4. The summed E-state index contributed by atoms with van der Waals surface area (Å²) in [4.78, 5) is 1.73. The Bertz CT molecular complexity index is 1130. The van der Waals surface area contributed by atoms with E-state index in [1.165, 1.54) is 0 Å². The van der Waals surface area contributed by atoms with Gasteiger partial charge in [0.15, 0.2) is 5.82 Å². The number of aromatic amines is 1. The number of nitrogens with zero attached hydrogens (tertiary/aromatic N) is 4. The van der Waals surface area contributed by atoms with E-state index in [9.17, 15) is 18.3 Å². The normalized spacial score (nSPS) is 17.9. The van der Waals surface area contributed by atoms with Gasteiger partial charge in [-0.05, 0) is 70.4 Å². The predicted molar refractivity (Wildman–Crippen MR) is 129 cm³/mol. The van der Waals surface area contributed by atoms with Crippen LogP contribution in [0.25, 0.3) is 22.4 Å². The van der Waals surface area contributed by atoms with Gasteiger partial charge in [0, 0.05) is 41.0 Å². The zero-order chi connectivity index (χ0) is 25.4. The number of hydrogen-bond acceptors (Lipinski definition) is 6. The Balaban J connectivity index is 1.61. The SMILES string of the molecule is CC1(C)CC(N(CCC(F)(F)F)c2ccc(-c3ccc(-c4cn[nH]c4)cc3O)nn2)CC(C)(C)N1. The lowest BCUT2D eigenvalue weighted by Gasteiger charge is -2.50. The molecule has 4 rings (SSSR count). The number of phenols is 1. The van der Waals surface area contributed by atoms with Crippen molar-refractivity contribution in [1.82, 2.24) is 25.7 Å². The second-order valence-corrected chi connectivity index (χ2v) is 10.5. The molecular weight excluding hydrogens is 457 g/mol. The first-order valence-electron chi connectivity index (χ1n) is 11.6. The molecule has 35 heavy (non-hydrogen) atoms. The Morgan fingerprint density at radius 3 is 2.29 bits per heavy atom. The molecule has 7 nitrogen and oxygen atoms in total. The number of H-pyrrole nitrogens is 1. The maximum atomic E-state index is 13.2. The largest absolute Gasteiger partial charge is 0.507 e. The lowest BCUT2D eigenvalue weighted by molar-refractivity contribution is -0.132. The average molecular weight is 489 g/mol. The number of anilines is 1. The van der Waals surface area contributed by atoms with Gasteiger partial charge in [0.2, 0.25) is 0 Å². The van der Waals surface area contributed by atoms with Gasteiger partial charge in [0.25, 0.3) is 0 Å². The molecule has 1 aliphatic rings. The third-order valence-electron chi connectivity index (χ3n) is 6.30. The molecular formula is C25H31F3N6O. The highest BCUT2D eigenvalue weighted by Crippen LogP contribution is 2.36. The smallest absolute Gasteiger partial charge is 0.390 e. The Kier molecular flexibility index (Phi) is 6.52. The quantitative estimate of drug-likeness (QED) is 0.436. The van der Waals surface area contributed by atoms with Crippen LogP contribution in [0.2, 0.25) is 0 Å².